The first-order valence-corrected chi connectivity index (χ1v) is 11.8. The highest BCUT2D eigenvalue weighted by molar-refractivity contribution is 6.39. The molecule has 1 aliphatic rings. The number of nitrogens with zero attached hydrogens (tertiary/aromatic N) is 1. The van der Waals surface area contributed by atoms with Crippen molar-refractivity contribution < 1.29 is 28.7 Å². The lowest BCUT2D eigenvalue weighted by atomic mass is 10.0. The normalized spacial score (nSPS) is 14.4. The van der Waals surface area contributed by atoms with Crippen LogP contribution in [0.2, 0.25) is 0 Å². The van der Waals surface area contributed by atoms with Gasteiger partial charge in [-0.15, -0.1) is 0 Å². The largest absolute Gasteiger partial charge is 0.493 e. The Bertz CT molecular complexity index is 1440. The zero-order valence-corrected chi connectivity index (χ0v) is 21.5. The minimum absolute atomic E-state index is 0.164. The van der Waals surface area contributed by atoms with Crippen molar-refractivity contribution in [2.24, 2.45) is 0 Å². The van der Waals surface area contributed by atoms with Crippen LogP contribution in [-0.4, -0.2) is 37.5 Å². The second-order valence-electron chi connectivity index (χ2n) is 8.89. The number of anilines is 2. The van der Waals surface area contributed by atoms with E-state index in [0.29, 0.717) is 22.7 Å². The smallest absolute Gasteiger partial charge is 0.335 e. The SMILES string of the molecule is COc1cccc(/C=C2\C(=O)NC(=O)N(c3cc(C)cc(C)c3)C2=O)c1OCC(=O)Nc1ccc(C)cc1. The minimum Gasteiger partial charge on any atom is -0.493 e. The molecule has 5 amide bonds. The summed E-state index contributed by atoms with van der Waals surface area (Å²) in [6.07, 6.45) is 1.31. The maximum atomic E-state index is 13.4. The highest BCUT2D eigenvalue weighted by Gasteiger charge is 2.37. The van der Waals surface area contributed by atoms with Crippen molar-refractivity contribution >= 4 is 41.2 Å². The van der Waals surface area contributed by atoms with E-state index < -0.39 is 23.8 Å². The standard InChI is InChI=1S/C29H27N3O6/c1-17-8-10-21(11-9-17)30-25(33)16-38-26-20(6-5-7-24(26)37-4)15-23-27(34)31-29(36)32(28(23)35)22-13-18(2)12-19(3)14-22/h5-15H,16H2,1-4H3,(H,30,33)(H,31,34,36)/b23-15+. The molecule has 0 unspecified atom stereocenters. The summed E-state index contributed by atoms with van der Waals surface area (Å²) < 4.78 is 11.2. The Balaban J connectivity index is 1.63. The Morgan fingerprint density at radius 2 is 1.63 bits per heavy atom. The molecule has 2 N–H and O–H groups in total. The van der Waals surface area contributed by atoms with Gasteiger partial charge in [0.25, 0.3) is 17.7 Å². The van der Waals surface area contributed by atoms with Gasteiger partial charge in [-0.25, -0.2) is 9.69 Å². The molecule has 1 saturated heterocycles. The molecule has 0 aromatic heterocycles. The number of aryl methyl sites for hydroxylation is 3. The maximum Gasteiger partial charge on any atom is 0.335 e. The van der Waals surface area contributed by atoms with Gasteiger partial charge >= 0.3 is 6.03 Å². The Morgan fingerprint density at radius 3 is 2.29 bits per heavy atom. The molecule has 3 aromatic rings. The molecule has 194 valence electrons. The Hall–Kier alpha value is -4.92. The Labute approximate surface area is 220 Å². The number of para-hydroxylation sites is 1. The topological polar surface area (TPSA) is 114 Å². The number of ether oxygens (including phenoxy) is 2. The number of amides is 5. The van der Waals surface area contributed by atoms with Gasteiger partial charge in [0, 0.05) is 11.3 Å². The first kappa shape index (κ1) is 26.2. The molecule has 0 aliphatic carbocycles. The lowest BCUT2D eigenvalue weighted by Gasteiger charge is -2.27. The third-order valence-electron chi connectivity index (χ3n) is 5.78. The molecule has 4 rings (SSSR count). The number of barbiturate groups is 1. The third kappa shape index (κ3) is 5.73. The zero-order valence-electron chi connectivity index (χ0n) is 21.5. The van der Waals surface area contributed by atoms with Crippen molar-refractivity contribution in [1.82, 2.24) is 5.32 Å². The van der Waals surface area contributed by atoms with Crippen LogP contribution in [0.3, 0.4) is 0 Å². The Morgan fingerprint density at radius 1 is 0.947 bits per heavy atom. The number of carbonyl (C=O) groups excluding carboxylic acids is 4. The van der Waals surface area contributed by atoms with E-state index in [-0.39, 0.29) is 17.9 Å². The van der Waals surface area contributed by atoms with Crippen molar-refractivity contribution in [3.63, 3.8) is 0 Å². The third-order valence-corrected chi connectivity index (χ3v) is 5.78. The maximum absolute atomic E-state index is 13.4. The number of nitrogens with one attached hydrogen (secondary N) is 2. The number of carbonyl (C=O) groups is 4. The van der Waals surface area contributed by atoms with Crippen LogP contribution in [0.4, 0.5) is 16.2 Å². The van der Waals surface area contributed by atoms with Crippen LogP contribution in [0.15, 0.2) is 66.2 Å². The molecule has 1 fully saturated rings. The van der Waals surface area contributed by atoms with Crippen molar-refractivity contribution in [3.05, 3.63) is 88.5 Å². The molecule has 0 spiro atoms. The number of imide groups is 2. The highest BCUT2D eigenvalue weighted by Crippen LogP contribution is 2.34. The van der Waals surface area contributed by atoms with E-state index in [9.17, 15) is 19.2 Å². The van der Waals surface area contributed by atoms with Crippen molar-refractivity contribution in [1.29, 1.82) is 0 Å². The molecule has 9 nitrogen and oxygen atoms in total. The lowest BCUT2D eigenvalue weighted by molar-refractivity contribution is -0.122. The van der Waals surface area contributed by atoms with Crippen LogP contribution in [0.1, 0.15) is 22.3 Å². The van der Waals surface area contributed by atoms with Gasteiger partial charge in [-0.3, -0.25) is 19.7 Å². The molecule has 0 radical (unpaired) electrons. The summed E-state index contributed by atoms with van der Waals surface area (Å²) in [5.41, 5.74) is 3.79. The summed E-state index contributed by atoms with van der Waals surface area (Å²) in [6, 6.07) is 16.6. The van der Waals surface area contributed by atoms with Crippen molar-refractivity contribution in [2.45, 2.75) is 20.8 Å². The first-order valence-electron chi connectivity index (χ1n) is 11.8. The van der Waals surface area contributed by atoms with Crippen LogP contribution < -0.4 is 25.0 Å². The molecule has 3 aromatic carbocycles. The van der Waals surface area contributed by atoms with Gasteiger partial charge in [0.1, 0.15) is 5.57 Å². The van der Waals surface area contributed by atoms with Gasteiger partial charge in [-0.2, -0.15) is 0 Å². The van der Waals surface area contributed by atoms with E-state index in [2.05, 4.69) is 10.6 Å². The number of urea groups is 1. The van der Waals surface area contributed by atoms with E-state index in [0.717, 1.165) is 21.6 Å². The Kier molecular flexibility index (Phi) is 7.57. The summed E-state index contributed by atoms with van der Waals surface area (Å²) in [7, 11) is 1.43. The minimum atomic E-state index is -0.841. The fourth-order valence-corrected chi connectivity index (χ4v) is 4.06. The molecule has 0 saturated carbocycles. The van der Waals surface area contributed by atoms with E-state index in [4.69, 9.17) is 9.47 Å². The molecule has 9 heteroatoms. The average molecular weight is 514 g/mol. The number of rotatable bonds is 7. The second kappa shape index (κ2) is 11.0. The van der Waals surface area contributed by atoms with Gasteiger partial charge < -0.3 is 14.8 Å². The van der Waals surface area contributed by atoms with Crippen molar-refractivity contribution in [3.8, 4) is 11.5 Å². The van der Waals surface area contributed by atoms with Crippen LogP contribution in [0.25, 0.3) is 6.08 Å². The summed E-state index contributed by atoms with van der Waals surface area (Å²) in [5.74, 6) is -1.57. The number of hydrogen-bond acceptors (Lipinski definition) is 6. The quantitative estimate of drug-likeness (QED) is 0.360. The molecule has 0 bridgehead atoms. The summed E-state index contributed by atoms with van der Waals surface area (Å²) in [5, 5.41) is 4.97. The second-order valence-corrected chi connectivity index (χ2v) is 8.89. The predicted molar refractivity (Wildman–Crippen MR) is 143 cm³/mol. The average Bonchev–Trinajstić information content (AvgIpc) is 2.86. The molecular weight excluding hydrogens is 486 g/mol. The molecule has 38 heavy (non-hydrogen) atoms. The van der Waals surface area contributed by atoms with Gasteiger partial charge in [0.05, 0.1) is 12.8 Å². The van der Waals surface area contributed by atoms with Gasteiger partial charge in [-0.05, 0) is 68.3 Å². The molecular formula is C29H27N3O6. The van der Waals surface area contributed by atoms with Crippen LogP contribution in [0.5, 0.6) is 11.5 Å². The van der Waals surface area contributed by atoms with E-state index in [1.807, 2.05) is 39.0 Å². The van der Waals surface area contributed by atoms with Crippen LogP contribution in [-0.2, 0) is 14.4 Å². The van der Waals surface area contributed by atoms with Gasteiger partial charge in [-0.1, -0.05) is 35.9 Å². The summed E-state index contributed by atoms with van der Waals surface area (Å²) in [4.78, 5) is 52.1. The monoisotopic (exact) mass is 513 g/mol. The summed E-state index contributed by atoms with van der Waals surface area (Å²) >= 11 is 0. The van der Waals surface area contributed by atoms with E-state index in [1.54, 1.807) is 42.5 Å². The van der Waals surface area contributed by atoms with E-state index >= 15 is 0 Å². The van der Waals surface area contributed by atoms with Crippen LogP contribution >= 0.6 is 0 Å². The highest BCUT2D eigenvalue weighted by atomic mass is 16.5. The first-order chi connectivity index (χ1) is 18.2. The zero-order chi connectivity index (χ0) is 27.4. The number of methoxy groups -OCH3 is 1. The molecule has 1 heterocycles. The van der Waals surface area contributed by atoms with Gasteiger partial charge in [0.15, 0.2) is 18.1 Å². The van der Waals surface area contributed by atoms with Crippen LogP contribution in [0, 0.1) is 20.8 Å². The van der Waals surface area contributed by atoms with E-state index in [1.165, 1.54) is 13.2 Å². The molecule has 0 atom stereocenters. The fourth-order valence-electron chi connectivity index (χ4n) is 4.06. The number of hydrogen-bond donors (Lipinski definition) is 2. The predicted octanol–water partition coefficient (Wildman–Crippen LogP) is 4.30. The lowest BCUT2D eigenvalue weighted by Crippen LogP contribution is -2.54. The van der Waals surface area contributed by atoms with Gasteiger partial charge in [0.2, 0.25) is 0 Å². The number of benzene rings is 3. The molecule has 1 aliphatic heterocycles. The van der Waals surface area contributed by atoms with Crippen molar-refractivity contribution in [2.75, 3.05) is 23.9 Å². The fraction of sp³-hybridized carbons (Fsp3) is 0.172. The summed E-state index contributed by atoms with van der Waals surface area (Å²) in [6.45, 7) is 5.29.